The highest BCUT2D eigenvalue weighted by Gasteiger charge is 2.21. The van der Waals surface area contributed by atoms with Gasteiger partial charge in [-0.25, -0.2) is 9.97 Å². The van der Waals surface area contributed by atoms with Crippen LogP contribution in [0.1, 0.15) is 62.0 Å². The van der Waals surface area contributed by atoms with Gasteiger partial charge in [-0.05, 0) is 37.8 Å². The summed E-state index contributed by atoms with van der Waals surface area (Å²) in [7, 11) is 0. The minimum absolute atomic E-state index is 0.119. The van der Waals surface area contributed by atoms with Crippen molar-refractivity contribution in [2.45, 2.75) is 53.1 Å². The van der Waals surface area contributed by atoms with Crippen LogP contribution in [0.15, 0.2) is 30.7 Å². The number of aryl methyl sites for hydroxylation is 1. The van der Waals surface area contributed by atoms with Crippen molar-refractivity contribution in [2.24, 2.45) is 5.92 Å². The predicted octanol–water partition coefficient (Wildman–Crippen LogP) is 3.03. The van der Waals surface area contributed by atoms with E-state index in [4.69, 9.17) is 0 Å². The van der Waals surface area contributed by atoms with Gasteiger partial charge in [-0.1, -0.05) is 20.8 Å². The Hall–Kier alpha value is -2.70. The zero-order chi connectivity index (χ0) is 18.7. The summed E-state index contributed by atoms with van der Waals surface area (Å²) in [6.45, 7) is 8.98. The third-order valence-corrected chi connectivity index (χ3v) is 4.30. The summed E-state index contributed by atoms with van der Waals surface area (Å²) in [6, 6.07) is 3.59. The number of rotatable bonds is 7. The minimum Gasteiger partial charge on any atom is -0.342 e. The van der Waals surface area contributed by atoms with Crippen molar-refractivity contribution in [3.8, 4) is 0 Å². The number of hydrogen-bond acceptors (Lipinski definition) is 4. The van der Waals surface area contributed by atoms with Gasteiger partial charge in [0.1, 0.15) is 5.69 Å². The van der Waals surface area contributed by atoms with Crippen LogP contribution >= 0.6 is 0 Å². The Morgan fingerprint density at radius 3 is 2.77 bits per heavy atom. The van der Waals surface area contributed by atoms with Gasteiger partial charge in [0.05, 0.1) is 17.4 Å². The second-order valence-corrected chi connectivity index (χ2v) is 6.86. The van der Waals surface area contributed by atoms with Gasteiger partial charge in [0.2, 0.25) is 5.78 Å². The average Bonchev–Trinajstić information content (AvgIpc) is 3.22. The number of aromatic nitrogens is 5. The summed E-state index contributed by atoms with van der Waals surface area (Å²) >= 11 is 0. The summed E-state index contributed by atoms with van der Waals surface area (Å²) in [5.41, 5.74) is 2.37. The molecule has 0 aromatic carbocycles. The molecule has 0 aliphatic heterocycles. The number of amides is 1. The summed E-state index contributed by atoms with van der Waals surface area (Å²) in [5.74, 6) is 1.01. The Bertz CT molecular complexity index is 861. The van der Waals surface area contributed by atoms with Crippen LogP contribution in [0.4, 0.5) is 0 Å². The van der Waals surface area contributed by atoms with E-state index in [2.05, 4.69) is 34.2 Å². The van der Waals surface area contributed by atoms with Crippen molar-refractivity contribution in [1.29, 1.82) is 0 Å². The highest BCUT2D eigenvalue weighted by atomic mass is 16.2. The second kappa shape index (κ2) is 7.68. The first-order valence-electron chi connectivity index (χ1n) is 9.19. The number of hydrogen-bond donors (Lipinski definition) is 1. The van der Waals surface area contributed by atoms with E-state index in [0.717, 1.165) is 24.2 Å². The predicted molar refractivity (Wildman–Crippen MR) is 99.9 cm³/mol. The highest BCUT2D eigenvalue weighted by Crippen LogP contribution is 2.17. The topological polar surface area (TPSA) is 77.1 Å². The Morgan fingerprint density at radius 1 is 1.31 bits per heavy atom. The zero-order valence-corrected chi connectivity index (χ0v) is 15.8. The van der Waals surface area contributed by atoms with Crippen LogP contribution in [-0.4, -0.2) is 30.1 Å². The molecule has 1 N–H and O–H groups in total. The maximum Gasteiger partial charge on any atom is 0.270 e. The first-order valence-corrected chi connectivity index (χ1v) is 9.19. The lowest BCUT2D eigenvalue weighted by Gasteiger charge is -2.15. The standard InChI is InChI=1S/C19H26N6O/c1-5-15(16-12-24-9-7-8-20-19(24)22-16)21-18(26)17-11-14(10-13(3)4)23-25(17)6-2/h7-9,11-13,15H,5-6,10H2,1-4H3,(H,21,26)/t15-/m0/s1. The quantitative estimate of drug-likeness (QED) is 0.707. The maximum atomic E-state index is 12.9. The van der Waals surface area contributed by atoms with Gasteiger partial charge >= 0.3 is 0 Å². The molecule has 0 aliphatic carbocycles. The lowest BCUT2D eigenvalue weighted by atomic mass is 10.1. The molecule has 3 rings (SSSR count). The van der Waals surface area contributed by atoms with Crippen molar-refractivity contribution in [2.75, 3.05) is 0 Å². The Morgan fingerprint density at radius 2 is 2.12 bits per heavy atom. The van der Waals surface area contributed by atoms with Crippen molar-refractivity contribution in [1.82, 2.24) is 29.5 Å². The van der Waals surface area contributed by atoms with Gasteiger partial charge in [-0.2, -0.15) is 5.10 Å². The van der Waals surface area contributed by atoms with Crippen LogP contribution in [0.5, 0.6) is 0 Å². The molecule has 3 aromatic rings. The largest absolute Gasteiger partial charge is 0.342 e. The van der Waals surface area contributed by atoms with E-state index in [0.29, 0.717) is 23.9 Å². The monoisotopic (exact) mass is 354 g/mol. The number of carbonyl (C=O) groups excluding carboxylic acids is 1. The molecule has 0 unspecified atom stereocenters. The fraction of sp³-hybridized carbons (Fsp3) is 0.474. The zero-order valence-electron chi connectivity index (χ0n) is 15.8. The van der Waals surface area contributed by atoms with Crippen LogP contribution in [0.25, 0.3) is 5.78 Å². The molecule has 0 spiro atoms. The molecular weight excluding hydrogens is 328 g/mol. The number of fused-ring (bicyclic) bond motifs is 1. The first-order chi connectivity index (χ1) is 12.5. The van der Waals surface area contributed by atoms with Crippen molar-refractivity contribution >= 4 is 11.7 Å². The normalized spacial score (nSPS) is 12.7. The number of carbonyl (C=O) groups is 1. The Labute approximate surface area is 153 Å². The van der Waals surface area contributed by atoms with E-state index in [1.165, 1.54) is 0 Å². The molecule has 0 aliphatic rings. The molecule has 26 heavy (non-hydrogen) atoms. The maximum absolute atomic E-state index is 12.9. The molecule has 7 heteroatoms. The molecule has 0 radical (unpaired) electrons. The van der Waals surface area contributed by atoms with E-state index in [1.807, 2.05) is 42.8 Å². The van der Waals surface area contributed by atoms with Crippen LogP contribution in [0.3, 0.4) is 0 Å². The Balaban J connectivity index is 1.82. The summed E-state index contributed by atoms with van der Waals surface area (Å²) in [6.07, 6.45) is 7.13. The van der Waals surface area contributed by atoms with Gasteiger partial charge < -0.3 is 5.32 Å². The van der Waals surface area contributed by atoms with Gasteiger partial charge in [-0.3, -0.25) is 13.9 Å². The summed E-state index contributed by atoms with van der Waals surface area (Å²) in [4.78, 5) is 21.6. The minimum atomic E-state index is -0.169. The molecule has 0 bridgehead atoms. The molecule has 0 saturated carbocycles. The van der Waals surface area contributed by atoms with E-state index >= 15 is 0 Å². The smallest absolute Gasteiger partial charge is 0.270 e. The van der Waals surface area contributed by atoms with Crippen molar-refractivity contribution in [3.63, 3.8) is 0 Å². The van der Waals surface area contributed by atoms with Crippen LogP contribution in [0.2, 0.25) is 0 Å². The fourth-order valence-electron chi connectivity index (χ4n) is 3.05. The van der Waals surface area contributed by atoms with Gasteiger partial charge in [0.25, 0.3) is 5.91 Å². The number of imidazole rings is 1. The van der Waals surface area contributed by atoms with Gasteiger partial charge in [-0.15, -0.1) is 0 Å². The second-order valence-electron chi connectivity index (χ2n) is 6.86. The summed E-state index contributed by atoms with van der Waals surface area (Å²) in [5, 5.41) is 7.65. The van der Waals surface area contributed by atoms with Crippen LogP contribution in [0, 0.1) is 5.92 Å². The molecule has 0 fully saturated rings. The lowest BCUT2D eigenvalue weighted by molar-refractivity contribution is 0.0924. The lowest BCUT2D eigenvalue weighted by Crippen LogP contribution is -2.30. The molecule has 3 aromatic heterocycles. The molecule has 138 valence electrons. The SMILES string of the molecule is CC[C@H](NC(=O)c1cc(CC(C)C)nn1CC)c1cn2cccnc2n1. The summed E-state index contributed by atoms with van der Waals surface area (Å²) < 4.78 is 3.63. The van der Waals surface area contributed by atoms with Crippen molar-refractivity contribution < 1.29 is 4.79 Å². The highest BCUT2D eigenvalue weighted by molar-refractivity contribution is 5.93. The van der Waals surface area contributed by atoms with Gasteiger partial charge in [0, 0.05) is 25.1 Å². The van der Waals surface area contributed by atoms with E-state index in [-0.39, 0.29) is 11.9 Å². The van der Waals surface area contributed by atoms with E-state index < -0.39 is 0 Å². The molecular formula is C19H26N6O. The molecule has 1 amide bonds. The molecule has 1 atom stereocenters. The van der Waals surface area contributed by atoms with E-state index in [9.17, 15) is 4.79 Å². The fourth-order valence-corrected chi connectivity index (χ4v) is 3.05. The first kappa shape index (κ1) is 18.1. The Kier molecular flexibility index (Phi) is 5.35. The molecule has 3 heterocycles. The van der Waals surface area contributed by atoms with Crippen LogP contribution in [-0.2, 0) is 13.0 Å². The van der Waals surface area contributed by atoms with E-state index in [1.54, 1.807) is 10.9 Å². The number of nitrogens with zero attached hydrogens (tertiary/aromatic N) is 5. The van der Waals surface area contributed by atoms with Crippen LogP contribution < -0.4 is 5.32 Å². The van der Waals surface area contributed by atoms with Gasteiger partial charge in [0.15, 0.2) is 0 Å². The third kappa shape index (κ3) is 3.76. The third-order valence-electron chi connectivity index (χ3n) is 4.30. The molecule has 0 saturated heterocycles. The van der Waals surface area contributed by atoms with Crippen molar-refractivity contribution in [3.05, 3.63) is 47.8 Å². The average molecular weight is 354 g/mol. The number of nitrogens with one attached hydrogen (secondary N) is 1. The molecule has 7 nitrogen and oxygen atoms in total.